The Hall–Kier alpha value is -2.86. The lowest BCUT2D eigenvalue weighted by molar-refractivity contribution is 0.0697. The fraction of sp³-hybridized carbons (Fsp3) is 0.154. The van der Waals surface area contributed by atoms with E-state index < -0.39 is 5.97 Å². The molecule has 0 spiro atoms. The second kappa shape index (κ2) is 6.73. The maximum atomic E-state index is 11.5. The summed E-state index contributed by atoms with van der Waals surface area (Å²) in [7, 11) is 0. The summed E-state index contributed by atoms with van der Waals surface area (Å²) in [6.45, 7) is 1.75. The Morgan fingerprint density at radius 1 is 1.55 bits per heavy atom. The standard InChI is InChI=1S/C13H12N6O2S/c1-8-3-9(19-7-15-6-17-19)4-10(12(20)21)11(8)18-13(22-2)16-5-14/h3-4,6-7H,1-2H3,(H,16,18)(H,20,21). The zero-order chi connectivity index (χ0) is 16.1. The van der Waals surface area contributed by atoms with Crippen molar-refractivity contribution in [3.63, 3.8) is 0 Å². The molecule has 0 saturated heterocycles. The van der Waals surface area contributed by atoms with Crippen molar-refractivity contribution in [3.8, 4) is 11.9 Å². The molecule has 0 fully saturated rings. The molecular weight excluding hydrogens is 304 g/mol. The van der Waals surface area contributed by atoms with Crippen LogP contribution < -0.4 is 5.32 Å². The van der Waals surface area contributed by atoms with E-state index in [1.807, 2.05) is 0 Å². The third-order valence-corrected chi connectivity index (χ3v) is 3.35. The lowest BCUT2D eigenvalue weighted by Crippen LogP contribution is -2.13. The van der Waals surface area contributed by atoms with Crippen LogP contribution in [0.4, 0.5) is 5.69 Å². The second-order valence-electron chi connectivity index (χ2n) is 4.16. The van der Waals surface area contributed by atoms with E-state index in [1.165, 1.54) is 35.2 Å². The minimum absolute atomic E-state index is 0.0248. The van der Waals surface area contributed by atoms with E-state index >= 15 is 0 Å². The van der Waals surface area contributed by atoms with Crippen molar-refractivity contribution in [2.75, 3.05) is 6.26 Å². The number of aryl methyl sites for hydroxylation is 1. The third-order valence-electron chi connectivity index (χ3n) is 2.77. The number of thioether (sulfide) groups is 1. The first-order valence-corrected chi connectivity index (χ1v) is 7.30. The highest BCUT2D eigenvalue weighted by atomic mass is 32.2. The van der Waals surface area contributed by atoms with Crippen molar-refractivity contribution in [1.29, 1.82) is 5.26 Å². The molecule has 0 amide bonds. The van der Waals surface area contributed by atoms with E-state index in [4.69, 9.17) is 5.26 Å². The van der Waals surface area contributed by atoms with Crippen molar-refractivity contribution < 1.29 is 9.90 Å². The summed E-state index contributed by atoms with van der Waals surface area (Å²) in [6, 6.07) is 3.22. The highest BCUT2D eigenvalue weighted by Crippen LogP contribution is 2.28. The van der Waals surface area contributed by atoms with Gasteiger partial charge >= 0.3 is 5.97 Å². The average molecular weight is 316 g/mol. The first kappa shape index (κ1) is 15.5. The Kier molecular flexibility index (Phi) is 4.75. The van der Waals surface area contributed by atoms with Gasteiger partial charge in [-0.25, -0.2) is 19.5 Å². The third kappa shape index (κ3) is 3.24. The highest BCUT2D eigenvalue weighted by Gasteiger charge is 2.16. The predicted octanol–water partition coefficient (Wildman–Crippen LogP) is 1.70. The van der Waals surface area contributed by atoms with E-state index in [0.717, 1.165) is 0 Å². The van der Waals surface area contributed by atoms with Crippen LogP contribution in [0.25, 0.3) is 5.69 Å². The number of hydrogen-bond acceptors (Lipinski definition) is 6. The highest BCUT2D eigenvalue weighted by molar-refractivity contribution is 8.13. The van der Waals surface area contributed by atoms with Gasteiger partial charge in [0.1, 0.15) is 12.7 Å². The lowest BCUT2D eigenvalue weighted by atomic mass is 10.1. The Bertz CT molecular complexity index is 764. The van der Waals surface area contributed by atoms with Crippen molar-refractivity contribution in [2.24, 2.45) is 4.99 Å². The van der Waals surface area contributed by atoms with Crippen molar-refractivity contribution in [2.45, 2.75) is 6.92 Å². The average Bonchev–Trinajstić information content (AvgIpc) is 3.02. The van der Waals surface area contributed by atoms with Crippen LogP contribution in [-0.4, -0.2) is 37.3 Å². The molecule has 0 aliphatic heterocycles. The summed E-state index contributed by atoms with van der Waals surface area (Å²) in [5, 5.41) is 24.8. The smallest absolute Gasteiger partial charge is 0.337 e. The Labute approximate surface area is 130 Å². The lowest BCUT2D eigenvalue weighted by Gasteiger charge is -2.10. The van der Waals surface area contributed by atoms with Crippen LogP contribution in [0.1, 0.15) is 15.9 Å². The van der Waals surface area contributed by atoms with Crippen molar-refractivity contribution in [3.05, 3.63) is 35.9 Å². The van der Waals surface area contributed by atoms with Crippen LogP contribution in [0.15, 0.2) is 29.8 Å². The number of carboxylic acids is 1. The number of benzene rings is 1. The molecule has 2 rings (SSSR count). The molecule has 2 N–H and O–H groups in total. The number of aliphatic imine (C=N–C) groups is 1. The number of rotatable bonds is 3. The number of aromatic nitrogens is 3. The first-order valence-electron chi connectivity index (χ1n) is 6.07. The minimum Gasteiger partial charge on any atom is -0.478 e. The van der Waals surface area contributed by atoms with Gasteiger partial charge in [-0.1, -0.05) is 11.8 Å². The van der Waals surface area contributed by atoms with Crippen LogP contribution in [0.3, 0.4) is 0 Å². The van der Waals surface area contributed by atoms with Gasteiger partial charge < -0.3 is 5.11 Å². The molecular formula is C13H12N6O2S. The van der Waals surface area contributed by atoms with Crippen molar-refractivity contribution >= 4 is 28.6 Å². The van der Waals surface area contributed by atoms with Gasteiger partial charge in [0.2, 0.25) is 0 Å². The molecule has 1 heterocycles. The second-order valence-corrected chi connectivity index (χ2v) is 4.96. The first-order chi connectivity index (χ1) is 10.6. The van der Waals surface area contributed by atoms with Gasteiger partial charge in [-0.05, 0) is 30.9 Å². The summed E-state index contributed by atoms with van der Waals surface area (Å²) in [5.74, 6) is -1.11. The molecule has 9 heteroatoms. The molecule has 112 valence electrons. The summed E-state index contributed by atoms with van der Waals surface area (Å²) in [5.41, 5.74) is 1.54. The number of nitrogens with one attached hydrogen (secondary N) is 1. The zero-order valence-corrected chi connectivity index (χ0v) is 12.6. The molecule has 0 saturated carbocycles. The molecule has 0 unspecified atom stereocenters. The summed E-state index contributed by atoms with van der Waals surface area (Å²) in [6.07, 6.45) is 6.35. The molecule has 0 aliphatic carbocycles. The number of carbonyl (C=O) groups is 1. The Morgan fingerprint density at radius 2 is 2.32 bits per heavy atom. The monoisotopic (exact) mass is 316 g/mol. The number of nitrogens with zero attached hydrogens (tertiary/aromatic N) is 5. The maximum Gasteiger partial charge on any atom is 0.337 e. The SMILES string of the molecule is CSC(=Nc1c(C)cc(-n2cncn2)cc1C(=O)O)NC#N. The van der Waals surface area contributed by atoms with Gasteiger partial charge in [0.05, 0.1) is 16.9 Å². The fourth-order valence-corrected chi connectivity index (χ4v) is 2.15. The van der Waals surface area contributed by atoms with E-state index in [1.54, 1.807) is 25.4 Å². The molecule has 0 bridgehead atoms. The largest absolute Gasteiger partial charge is 0.478 e. The fourth-order valence-electron chi connectivity index (χ4n) is 1.82. The molecule has 0 aliphatic rings. The van der Waals surface area contributed by atoms with Crippen molar-refractivity contribution in [1.82, 2.24) is 20.1 Å². The van der Waals surface area contributed by atoms with Gasteiger partial charge in [0.15, 0.2) is 11.4 Å². The van der Waals surface area contributed by atoms with Gasteiger partial charge in [-0.2, -0.15) is 10.4 Å². The molecule has 8 nitrogen and oxygen atoms in total. The van der Waals surface area contributed by atoms with E-state index in [2.05, 4.69) is 20.4 Å². The number of carboxylic acid groups (broad SMARTS) is 1. The summed E-state index contributed by atoms with van der Waals surface area (Å²) in [4.78, 5) is 19.6. The number of nitriles is 1. The molecule has 2 aromatic rings. The maximum absolute atomic E-state index is 11.5. The Balaban J connectivity index is 2.60. The minimum atomic E-state index is -1.11. The van der Waals surface area contributed by atoms with E-state index in [-0.39, 0.29) is 5.56 Å². The number of amidine groups is 1. The molecule has 0 radical (unpaired) electrons. The van der Waals surface area contributed by atoms with Crippen LogP contribution in [0.5, 0.6) is 0 Å². The van der Waals surface area contributed by atoms with Gasteiger partial charge in [0.25, 0.3) is 0 Å². The van der Waals surface area contributed by atoms with E-state index in [0.29, 0.717) is 22.1 Å². The number of aromatic carboxylic acids is 1. The molecule has 0 atom stereocenters. The van der Waals surface area contributed by atoms with Gasteiger partial charge in [0, 0.05) is 0 Å². The zero-order valence-electron chi connectivity index (χ0n) is 11.8. The molecule has 1 aromatic carbocycles. The van der Waals surface area contributed by atoms with Crippen LogP contribution in [0.2, 0.25) is 0 Å². The number of hydrogen-bond donors (Lipinski definition) is 2. The van der Waals surface area contributed by atoms with Gasteiger partial charge in [-0.15, -0.1) is 0 Å². The molecule has 1 aromatic heterocycles. The quantitative estimate of drug-likeness (QED) is 0.383. The topological polar surface area (TPSA) is 116 Å². The summed E-state index contributed by atoms with van der Waals surface area (Å²) < 4.78 is 1.47. The van der Waals surface area contributed by atoms with Gasteiger partial charge in [-0.3, -0.25) is 5.32 Å². The normalized spacial score (nSPS) is 11.0. The summed E-state index contributed by atoms with van der Waals surface area (Å²) >= 11 is 1.22. The van der Waals surface area contributed by atoms with Crippen LogP contribution in [0, 0.1) is 18.4 Å². The van der Waals surface area contributed by atoms with Crippen LogP contribution in [-0.2, 0) is 0 Å². The van der Waals surface area contributed by atoms with Crippen LogP contribution >= 0.6 is 11.8 Å². The molecule has 22 heavy (non-hydrogen) atoms. The van der Waals surface area contributed by atoms with E-state index in [9.17, 15) is 9.90 Å². The Morgan fingerprint density at radius 3 is 2.86 bits per heavy atom. The predicted molar refractivity (Wildman–Crippen MR) is 82.4 cm³/mol.